The zero-order valence-electron chi connectivity index (χ0n) is 11.9. The highest BCUT2D eigenvalue weighted by Crippen LogP contribution is 2.24. The van der Waals surface area contributed by atoms with E-state index in [9.17, 15) is 4.79 Å². The van der Waals surface area contributed by atoms with E-state index in [1.54, 1.807) is 6.08 Å². The Bertz CT molecular complexity index is 741. The van der Waals surface area contributed by atoms with E-state index in [4.69, 9.17) is 23.2 Å². The van der Waals surface area contributed by atoms with Crippen molar-refractivity contribution in [1.29, 1.82) is 0 Å². The maximum Gasteiger partial charge on any atom is 0.330 e. The number of carbonyl (C=O) groups is 1. The van der Waals surface area contributed by atoms with E-state index in [-0.39, 0.29) is 0 Å². The molecule has 0 saturated heterocycles. The highest BCUT2D eigenvalue weighted by molar-refractivity contribution is 14.1. The number of hydrogen-bond acceptors (Lipinski definition) is 3. The lowest BCUT2D eigenvalue weighted by Gasteiger charge is -2.10. The van der Waals surface area contributed by atoms with E-state index in [2.05, 4.69) is 32.3 Å². The Kier molecular flexibility index (Phi) is 5.88. The van der Waals surface area contributed by atoms with E-state index in [0.29, 0.717) is 22.4 Å². The lowest BCUT2D eigenvalue weighted by Crippen LogP contribution is -2.05. The Morgan fingerprint density at radius 1 is 1.45 bits per heavy atom. The van der Waals surface area contributed by atoms with E-state index in [1.165, 1.54) is 13.2 Å². The second-order valence-corrected chi connectivity index (χ2v) is 6.52. The highest BCUT2D eigenvalue weighted by atomic mass is 127. The number of halogens is 3. The van der Waals surface area contributed by atoms with Crippen molar-refractivity contribution in [3.8, 4) is 0 Å². The van der Waals surface area contributed by atoms with Crippen LogP contribution in [-0.4, -0.2) is 22.6 Å². The molecule has 0 bridgehead atoms. The number of hydrogen-bond donors (Lipinski definition) is 0. The molecule has 1 aromatic heterocycles. The molecule has 0 fully saturated rings. The summed E-state index contributed by atoms with van der Waals surface area (Å²) in [6.45, 7) is 2.37. The molecule has 116 valence electrons. The summed E-state index contributed by atoms with van der Waals surface area (Å²) in [5.41, 5.74) is 1.59. The lowest BCUT2D eigenvalue weighted by atomic mass is 10.2. The third kappa shape index (κ3) is 4.02. The molecule has 1 heterocycles. The van der Waals surface area contributed by atoms with Crippen LogP contribution in [0.15, 0.2) is 24.3 Å². The normalized spacial score (nSPS) is 11.1. The topological polar surface area (TPSA) is 44.1 Å². The van der Waals surface area contributed by atoms with Gasteiger partial charge in [0.15, 0.2) is 5.15 Å². The molecule has 0 N–H and O–H groups in total. The zero-order valence-corrected chi connectivity index (χ0v) is 15.6. The molecular formula is C15H13Cl2IN2O2. The molecule has 7 heteroatoms. The number of aryl methyl sites for hydroxylation is 1. The van der Waals surface area contributed by atoms with Crippen LogP contribution in [0.1, 0.15) is 17.1 Å². The van der Waals surface area contributed by atoms with Crippen LogP contribution in [0.25, 0.3) is 6.08 Å². The molecule has 2 rings (SSSR count). The molecule has 0 aliphatic rings. The fourth-order valence-corrected chi connectivity index (χ4v) is 3.14. The Balaban J connectivity index is 2.38. The van der Waals surface area contributed by atoms with Crippen LogP contribution in [0.4, 0.5) is 0 Å². The van der Waals surface area contributed by atoms with Crippen molar-refractivity contribution in [1.82, 2.24) is 9.55 Å². The summed E-state index contributed by atoms with van der Waals surface area (Å²) in [4.78, 5) is 15.5. The number of ether oxygens (including phenoxy) is 1. The van der Waals surface area contributed by atoms with Gasteiger partial charge in [0.2, 0.25) is 0 Å². The Morgan fingerprint density at radius 2 is 2.18 bits per heavy atom. The quantitative estimate of drug-likeness (QED) is 0.395. The Hall–Kier alpha value is -1.05. The molecule has 0 aliphatic heterocycles. The minimum Gasteiger partial charge on any atom is -0.466 e. The molecule has 4 nitrogen and oxygen atoms in total. The fraction of sp³-hybridized carbons (Fsp3) is 0.200. The van der Waals surface area contributed by atoms with Crippen LogP contribution in [0.3, 0.4) is 0 Å². The molecule has 0 aliphatic carbocycles. The summed E-state index contributed by atoms with van der Waals surface area (Å²) in [5.74, 6) is 0.290. The zero-order chi connectivity index (χ0) is 16.3. The van der Waals surface area contributed by atoms with E-state index < -0.39 is 5.97 Å². The molecule has 0 atom stereocenters. The number of esters is 1. The average molecular weight is 451 g/mol. The first-order chi connectivity index (χ1) is 10.4. The van der Waals surface area contributed by atoms with Crippen LogP contribution in [0.2, 0.25) is 10.2 Å². The van der Waals surface area contributed by atoms with Crippen molar-refractivity contribution in [2.75, 3.05) is 7.11 Å². The predicted octanol–water partition coefficient (Wildman–Crippen LogP) is 4.34. The van der Waals surface area contributed by atoms with Crippen LogP contribution < -0.4 is 0 Å². The number of methoxy groups -OCH3 is 1. The first-order valence-electron chi connectivity index (χ1n) is 6.35. The minimum atomic E-state index is -0.450. The van der Waals surface area contributed by atoms with Gasteiger partial charge < -0.3 is 9.30 Å². The van der Waals surface area contributed by atoms with Gasteiger partial charge in [-0.3, -0.25) is 0 Å². The van der Waals surface area contributed by atoms with Crippen LogP contribution in [0, 0.1) is 10.5 Å². The molecular weight excluding hydrogens is 438 g/mol. The standard InChI is InChI=1S/C15H13Cl2IN2O2/c1-9-19-15(17)13(5-6-14(21)22-2)20(9)8-10-3-4-11(18)7-12(10)16/h3-7H,8H2,1-2H3/b6-5+. The number of benzene rings is 1. The van der Waals surface area contributed by atoms with Gasteiger partial charge in [-0.25, -0.2) is 9.78 Å². The van der Waals surface area contributed by atoms with Crippen molar-refractivity contribution >= 4 is 57.8 Å². The van der Waals surface area contributed by atoms with Gasteiger partial charge >= 0.3 is 5.97 Å². The number of imidazole rings is 1. The SMILES string of the molecule is COC(=O)/C=C/c1c(Cl)nc(C)n1Cc1ccc(I)cc1Cl. The van der Waals surface area contributed by atoms with Crippen LogP contribution >= 0.6 is 45.8 Å². The molecule has 0 saturated carbocycles. The highest BCUT2D eigenvalue weighted by Gasteiger charge is 2.13. The van der Waals surface area contributed by atoms with Crippen molar-refractivity contribution in [2.24, 2.45) is 0 Å². The maximum absolute atomic E-state index is 11.3. The summed E-state index contributed by atoms with van der Waals surface area (Å²) in [7, 11) is 1.32. The summed E-state index contributed by atoms with van der Waals surface area (Å²) in [6.07, 6.45) is 2.91. The molecule has 0 unspecified atom stereocenters. The smallest absolute Gasteiger partial charge is 0.330 e. The Morgan fingerprint density at radius 3 is 2.82 bits per heavy atom. The molecule has 1 aromatic carbocycles. The van der Waals surface area contributed by atoms with Gasteiger partial charge in [0.05, 0.1) is 19.3 Å². The van der Waals surface area contributed by atoms with Gasteiger partial charge in [-0.05, 0) is 53.3 Å². The van der Waals surface area contributed by atoms with Crippen molar-refractivity contribution in [2.45, 2.75) is 13.5 Å². The molecule has 0 amide bonds. The number of nitrogens with zero attached hydrogens (tertiary/aromatic N) is 2. The summed E-state index contributed by atoms with van der Waals surface area (Å²) in [6, 6.07) is 5.85. The lowest BCUT2D eigenvalue weighted by molar-refractivity contribution is -0.134. The van der Waals surface area contributed by atoms with Crippen LogP contribution in [-0.2, 0) is 16.1 Å². The van der Waals surface area contributed by atoms with Gasteiger partial charge in [-0.15, -0.1) is 0 Å². The second-order valence-electron chi connectivity index (χ2n) is 4.51. The van der Waals surface area contributed by atoms with E-state index >= 15 is 0 Å². The third-order valence-corrected chi connectivity index (χ3v) is 4.38. The summed E-state index contributed by atoms with van der Waals surface area (Å²) < 4.78 is 7.55. The predicted molar refractivity (Wildman–Crippen MR) is 96.3 cm³/mol. The molecule has 0 radical (unpaired) electrons. The van der Waals surface area contributed by atoms with Crippen molar-refractivity contribution in [3.05, 3.63) is 55.1 Å². The number of rotatable bonds is 4. The Labute approximate surface area is 152 Å². The van der Waals surface area contributed by atoms with Gasteiger partial charge in [0, 0.05) is 14.7 Å². The van der Waals surface area contributed by atoms with Crippen molar-refractivity contribution in [3.63, 3.8) is 0 Å². The largest absolute Gasteiger partial charge is 0.466 e. The maximum atomic E-state index is 11.3. The minimum absolute atomic E-state index is 0.333. The van der Waals surface area contributed by atoms with E-state index in [0.717, 1.165) is 15.0 Å². The first-order valence-corrected chi connectivity index (χ1v) is 8.18. The van der Waals surface area contributed by atoms with Crippen LogP contribution in [0.5, 0.6) is 0 Å². The molecule has 22 heavy (non-hydrogen) atoms. The number of carbonyl (C=O) groups excluding carboxylic acids is 1. The monoisotopic (exact) mass is 450 g/mol. The summed E-state index contributed by atoms with van der Waals surface area (Å²) >= 11 is 14.6. The van der Waals surface area contributed by atoms with Gasteiger partial charge in [-0.1, -0.05) is 29.3 Å². The fourth-order valence-electron chi connectivity index (χ4n) is 1.94. The second kappa shape index (κ2) is 7.48. The molecule has 2 aromatic rings. The molecule has 0 spiro atoms. The average Bonchev–Trinajstić information content (AvgIpc) is 2.73. The summed E-state index contributed by atoms with van der Waals surface area (Å²) in [5, 5.41) is 1.01. The third-order valence-electron chi connectivity index (χ3n) is 3.07. The van der Waals surface area contributed by atoms with Gasteiger partial charge in [0.1, 0.15) is 5.82 Å². The first kappa shape index (κ1) is 17.3. The van der Waals surface area contributed by atoms with Gasteiger partial charge in [-0.2, -0.15) is 0 Å². The van der Waals surface area contributed by atoms with E-state index in [1.807, 2.05) is 29.7 Å². The van der Waals surface area contributed by atoms with Crippen molar-refractivity contribution < 1.29 is 9.53 Å². The van der Waals surface area contributed by atoms with Gasteiger partial charge in [0.25, 0.3) is 0 Å². The number of aromatic nitrogens is 2.